The minimum atomic E-state index is 0.465. The van der Waals surface area contributed by atoms with E-state index in [1.807, 2.05) is 18.5 Å². The fourth-order valence-corrected chi connectivity index (χ4v) is 1.96. The Bertz CT molecular complexity index is 479. The van der Waals surface area contributed by atoms with Crippen molar-refractivity contribution in [3.63, 3.8) is 0 Å². The van der Waals surface area contributed by atoms with Crippen molar-refractivity contribution in [2.75, 3.05) is 0 Å². The van der Waals surface area contributed by atoms with Crippen LogP contribution >= 0.6 is 11.3 Å². The van der Waals surface area contributed by atoms with E-state index >= 15 is 0 Å². The predicted octanol–water partition coefficient (Wildman–Crippen LogP) is 2.41. The van der Waals surface area contributed by atoms with E-state index in [9.17, 15) is 0 Å². The molecule has 90 valence electrons. The zero-order valence-corrected chi connectivity index (χ0v) is 11.1. The molecule has 0 aromatic carbocycles. The Morgan fingerprint density at radius 1 is 1.35 bits per heavy atom. The molecule has 0 fully saturated rings. The Balaban J connectivity index is 2.17. The van der Waals surface area contributed by atoms with Crippen molar-refractivity contribution >= 4 is 11.3 Å². The van der Waals surface area contributed by atoms with Gasteiger partial charge in [-0.1, -0.05) is 13.8 Å². The van der Waals surface area contributed by atoms with Gasteiger partial charge in [0.2, 0.25) is 0 Å². The van der Waals surface area contributed by atoms with Crippen LogP contribution in [-0.4, -0.2) is 21.0 Å². The van der Waals surface area contributed by atoms with Gasteiger partial charge in [-0.2, -0.15) is 0 Å². The van der Waals surface area contributed by atoms with Crippen molar-refractivity contribution in [2.24, 2.45) is 0 Å². The molecule has 4 nitrogen and oxygen atoms in total. The van der Waals surface area contributed by atoms with Crippen LogP contribution in [0.3, 0.4) is 0 Å². The number of aromatic nitrogens is 3. The number of aryl methyl sites for hydroxylation is 1. The highest BCUT2D eigenvalue weighted by Gasteiger charge is 2.07. The molecule has 1 N–H and O–H groups in total. The maximum Gasteiger partial charge on any atom is 0.179 e. The standard InChI is InChI=1S/C12H16N4S/c1-8(2)13-4-10-5-14-12(16-9(10)3)11-6-17-7-15-11/h5-8,13H,4H2,1-3H3. The van der Waals surface area contributed by atoms with Crippen molar-refractivity contribution in [3.05, 3.63) is 28.3 Å². The monoisotopic (exact) mass is 248 g/mol. The lowest BCUT2D eigenvalue weighted by Gasteiger charge is -2.10. The van der Waals surface area contributed by atoms with E-state index in [2.05, 4.69) is 34.1 Å². The first-order valence-corrected chi connectivity index (χ1v) is 6.55. The summed E-state index contributed by atoms with van der Waals surface area (Å²) in [5.41, 5.74) is 4.79. The van der Waals surface area contributed by atoms with Crippen LogP contribution in [0.1, 0.15) is 25.1 Å². The highest BCUT2D eigenvalue weighted by Crippen LogP contribution is 2.15. The molecular weight excluding hydrogens is 232 g/mol. The van der Waals surface area contributed by atoms with Gasteiger partial charge in [-0.05, 0) is 6.92 Å². The Morgan fingerprint density at radius 3 is 2.76 bits per heavy atom. The molecular formula is C12H16N4S. The second-order valence-electron chi connectivity index (χ2n) is 4.21. The highest BCUT2D eigenvalue weighted by molar-refractivity contribution is 7.07. The largest absolute Gasteiger partial charge is 0.310 e. The first-order valence-electron chi connectivity index (χ1n) is 5.61. The van der Waals surface area contributed by atoms with Gasteiger partial charge in [0.1, 0.15) is 5.69 Å². The van der Waals surface area contributed by atoms with E-state index in [1.165, 1.54) is 0 Å². The first-order chi connectivity index (χ1) is 8.16. The summed E-state index contributed by atoms with van der Waals surface area (Å²) in [5, 5.41) is 5.32. The number of thiazole rings is 1. The van der Waals surface area contributed by atoms with Crippen molar-refractivity contribution in [1.29, 1.82) is 0 Å². The molecule has 5 heteroatoms. The first kappa shape index (κ1) is 12.1. The van der Waals surface area contributed by atoms with Gasteiger partial charge >= 0.3 is 0 Å². The Morgan fingerprint density at radius 2 is 2.18 bits per heavy atom. The van der Waals surface area contributed by atoms with E-state index in [-0.39, 0.29) is 0 Å². The average molecular weight is 248 g/mol. The van der Waals surface area contributed by atoms with Gasteiger partial charge in [-0.25, -0.2) is 15.0 Å². The third-order valence-corrected chi connectivity index (χ3v) is 3.03. The molecule has 17 heavy (non-hydrogen) atoms. The third kappa shape index (κ3) is 3.08. The maximum atomic E-state index is 4.49. The van der Waals surface area contributed by atoms with Crippen LogP contribution in [0.5, 0.6) is 0 Å². The van der Waals surface area contributed by atoms with Crippen molar-refractivity contribution in [2.45, 2.75) is 33.4 Å². The van der Waals surface area contributed by atoms with E-state index in [1.54, 1.807) is 16.8 Å². The van der Waals surface area contributed by atoms with Gasteiger partial charge in [0, 0.05) is 35.4 Å². The smallest absolute Gasteiger partial charge is 0.179 e. The molecule has 2 aromatic rings. The molecule has 2 aromatic heterocycles. The second-order valence-corrected chi connectivity index (χ2v) is 4.93. The SMILES string of the molecule is Cc1nc(-c2cscn2)ncc1CNC(C)C. The summed E-state index contributed by atoms with van der Waals surface area (Å²) < 4.78 is 0. The molecule has 0 unspecified atom stereocenters. The van der Waals surface area contributed by atoms with Crippen molar-refractivity contribution < 1.29 is 0 Å². The van der Waals surface area contributed by atoms with Crippen molar-refractivity contribution in [1.82, 2.24) is 20.3 Å². The topological polar surface area (TPSA) is 50.7 Å². The van der Waals surface area contributed by atoms with Crippen LogP contribution in [0.4, 0.5) is 0 Å². The summed E-state index contributed by atoms with van der Waals surface area (Å²) in [5.74, 6) is 0.706. The second kappa shape index (κ2) is 5.33. The van der Waals surface area contributed by atoms with E-state index in [4.69, 9.17) is 0 Å². The fraction of sp³-hybridized carbons (Fsp3) is 0.417. The minimum absolute atomic E-state index is 0.465. The van der Waals surface area contributed by atoms with Crippen LogP contribution < -0.4 is 5.32 Å². The van der Waals surface area contributed by atoms with Gasteiger partial charge < -0.3 is 5.32 Å². The lowest BCUT2D eigenvalue weighted by Crippen LogP contribution is -2.22. The summed E-state index contributed by atoms with van der Waals surface area (Å²) in [6, 6.07) is 0.465. The molecule has 0 aliphatic carbocycles. The maximum absolute atomic E-state index is 4.49. The van der Waals surface area contributed by atoms with E-state index in [0.29, 0.717) is 11.9 Å². The predicted molar refractivity (Wildman–Crippen MR) is 69.9 cm³/mol. The quantitative estimate of drug-likeness (QED) is 0.902. The lowest BCUT2D eigenvalue weighted by molar-refractivity contribution is 0.585. The van der Waals surface area contributed by atoms with Gasteiger partial charge in [0.05, 0.1) is 5.51 Å². The van der Waals surface area contributed by atoms with Gasteiger partial charge in [-0.3, -0.25) is 0 Å². The van der Waals surface area contributed by atoms with Gasteiger partial charge in [-0.15, -0.1) is 11.3 Å². The highest BCUT2D eigenvalue weighted by atomic mass is 32.1. The number of hydrogen-bond acceptors (Lipinski definition) is 5. The molecule has 0 aliphatic heterocycles. The number of nitrogens with zero attached hydrogens (tertiary/aromatic N) is 3. The summed E-state index contributed by atoms with van der Waals surface area (Å²) in [6.07, 6.45) is 1.88. The fourth-order valence-electron chi connectivity index (χ4n) is 1.43. The molecule has 0 bridgehead atoms. The Kier molecular flexibility index (Phi) is 3.81. The van der Waals surface area contributed by atoms with Gasteiger partial charge in [0.15, 0.2) is 5.82 Å². The van der Waals surface area contributed by atoms with Gasteiger partial charge in [0.25, 0.3) is 0 Å². The molecule has 0 saturated heterocycles. The van der Waals surface area contributed by atoms with Crippen LogP contribution in [0.2, 0.25) is 0 Å². The van der Waals surface area contributed by atoms with Crippen LogP contribution in [0.25, 0.3) is 11.5 Å². The Labute approximate surface area is 105 Å². The number of hydrogen-bond donors (Lipinski definition) is 1. The minimum Gasteiger partial charge on any atom is -0.310 e. The zero-order valence-electron chi connectivity index (χ0n) is 10.3. The molecule has 0 spiro atoms. The van der Waals surface area contributed by atoms with Crippen molar-refractivity contribution in [3.8, 4) is 11.5 Å². The summed E-state index contributed by atoms with van der Waals surface area (Å²) in [7, 11) is 0. The normalized spacial score (nSPS) is 11.1. The molecule has 0 amide bonds. The van der Waals surface area contributed by atoms with E-state index in [0.717, 1.165) is 23.5 Å². The van der Waals surface area contributed by atoms with E-state index < -0.39 is 0 Å². The molecule has 2 rings (SSSR count). The van der Waals surface area contributed by atoms with Crippen LogP contribution in [-0.2, 0) is 6.54 Å². The molecule has 2 heterocycles. The number of rotatable bonds is 4. The molecule has 0 aliphatic rings. The number of nitrogens with one attached hydrogen (secondary N) is 1. The molecule has 0 saturated carbocycles. The Hall–Kier alpha value is -1.33. The zero-order chi connectivity index (χ0) is 12.3. The summed E-state index contributed by atoms with van der Waals surface area (Å²) >= 11 is 1.56. The average Bonchev–Trinajstić information content (AvgIpc) is 2.80. The van der Waals surface area contributed by atoms with Crippen LogP contribution in [0, 0.1) is 6.92 Å². The lowest BCUT2D eigenvalue weighted by atomic mass is 10.2. The summed E-state index contributed by atoms with van der Waals surface area (Å²) in [4.78, 5) is 13.0. The summed E-state index contributed by atoms with van der Waals surface area (Å²) in [6.45, 7) is 7.06. The third-order valence-electron chi connectivity index (χ3n) is 2.44. The molecule has 0 radical (unpaired) electrons. The molecule has 0 atom stereocenters. The van der Waals surface area contributed by atoms with Crippen LogP contribution in [0.15, 0.2) is 17.1 Å².